The molecule has 7 N–H and O–H groups in total. The van der Waals surface area contributed by atoms with Crippen LogP contribution in [0.15, 0.2) is 35.7 Å². The van der Waals surface area contributed by atoms with Gasteiger partial charge >= 0.3 is 6.18 Å². The lowest BCUT2D eigenvalue weighted by Gasteiger charge is -2.27. The number of thiocarbonyl (C=S) groups is 1. The van der Waals surface area contributed by atoms with Gasteiger partial charge in [0.2, 0.25) is 0 Å². The fourth-order valence-corrected chi connectivity index (χ4v) is 4.30. The number of hydrogen-bond acceptors (Lipinski definition) is 6. The molecule has 0 amide bonds. The van der Waals surface area contributed by atoms with Crippen molar-refractivity contribution in [1.29, 1.82) is 0 Å². The lowest BCUT2D eigenvalue weighted by Crippen LogP contribution is -2.40. The lowest BCUT2D eigenvalue weighted by atomic mass is 10.1. The summed E-state index contributed by atoms with van der Waals surface area (Å²) in [5, 5.41) is 3.20. The summed E-state index contributed by atoms with van der Waals surface area (Å²) in [6.07, 6.45) is 6.22. The zero-order chi connectivity index (χ0) is 32.1. The first kappa shape index (κ1) is 39.4. The normalized spacial score (nSPS) is 13.5. The highest BCUT2D eigenvalue weighted by Crippen LogP contribution is 2.27. The zero-order valence-electron chi connectivity index (χ0n) is 26.3. The van der Waals surface area contributed by atoms with Gasteiger partial charge in [-0.15, -0.1) is 0 Å². The maximum absolute atomic E-state index is 13.7. The van der Waals surface area contributed by atoms with Gasteiger partial charge in [0.15, 0.2) is 5.11 Å². The summed E-state index contributed by atoms with van der Waals surface area (Å²) >= 11 is 4.72. The second kappa shape index (κ2) is 22.0. The molecule has 0 spiro atoms. The van der Waals surface area contributed by atoms with Crippen LogP contribution >= 0.6 is 12.2 Å². The van der Waals surface area contributed by atoms with Crippen LogP contribution in [-0.4, -0.2) is 56.5 Å². The van der Waals surface area contributed by atoms with Gasteiger partial charge in [0.1, 0.15) is 11.6 Å². The SMILES string of the molecule is CCCCCN(CCCC)/C(=C/C=C(\C)C(F)(F)F)NC.CN.Cc1cc(N2CCCC2)c(CNNC(N)=S)cc1F. The smallest absolute Gasteiger partial charge is 0.375 e. The Morgan fingerprint density at radius 2 is 1.64 bits per heavy atom. The molecule has 1 aliphatic rings. The van der Waals surface area contributed by atoms with E-state index in [0.29, 0.717) is 12.1 Å². The van der Waals surface area contributed by atoms with Crippen molar-refractivity contribution in [3.8, 4) is 0 Å². The summed E-state index contributed by atoms with van der Waals surface area (Å²) in [7, 11) is 3.25. The van der Waals surface area contributed by atoms with Crippen LogP contribution in [0.5, 0.6) is 0 Å². The Hall–Kier alpha value is -2.57. The molecule has 1 heterocycles. The Balaban J connectivity index is 0.000000757. The molecule has 0 saturated carbocycles. The predicted octanol–water partition coefficient (Wildman–Crippen LogP) is 6.00. The van der Waals surface area contributed by atoms with E-state index in [1.54, 1.807) is 20.0 Å². The fraction of sp³-hybridized carbons (Fsp3) is 0.633. The van der Waals surface area contributed by atoms with Crippen molar-refractivity contribution in [1.82, 2.24) is 21.1 Å². The molecule has 0 aromatic heterocycles. The largest absolute Gasteiger partial charge is 0.412 e. The number of allylic oxidation sites excluding steroid dienone is 3. The van der Waals surface area contributed by atoms with Gasteiger partial charge in [-0.1, -0.05) is 39.2 Å². The number of halogens is 4. The Kier molecular flexibility index (Phi) is 20.7. The van der Waals surface area contributed by atoms with Crippen LogP contribution in [-0.2, 0) is 6.54 Å². The van der Waals surface area contributed by atoms with E-state index in [1.165, 1.54) is 26.0 Å². The van der Waals surface area contributed by atoms with Crippen molar-refractivity contribution in [2.45, 2.75) is 85.4 Å². The third kappa shape index (κ3) is 15.6. The summed E-state index contributed by atoms with van der Waals surface area (Å²) in [4.78, 5) is 4.43. The zero-order valence-corrected chi connectivity index (χ0v) is 27.1. The Morgan fingerprint density at radius 3 is 2.17 bits per heavy atom. The maximum Gasteiger partial charge on any atom is 0.412 e. The maximum atomic E-state index is 13.7. The molecule has 0 atom stereocenters. The Labute approximate surface area is 256 Å². The third-order valence-electron chi connectivity index (χ3n) is 6.65. The van der Waals surface area contributed by atoms with Crippen molar-refractivity contribution in [3.63, 3.8) is 0 Å². The number of benzene rings is 1. The van der Waals surface area contributed by atoms with Crippen LogP contribution in [0.1, 0.15) is 76.8 Å². The van der Waals surface area contributed by atoms with Crippen LogP contribution < -0.4 is 32.5 Å². The molecule has 1 aromatic rings. The molecular formula is C30H53F4N7S. The van der Waals surface area contributed by atoms with Gasteiger partial charge in [0.05, 0.1) is 0 Å². The van der Waals surface area contributed by atoms with E-state index in [1.807, 2.05) is 6.07 Å². The molecule has 2 rings (SSSR count). The number of hydrazine groups is 1. The quantitative estimate of drug-likeness (QED) is 0.0570. The van der Waals surface area contributed by atoms with Gasteiger partial charge in [-0.25, -0.2) is 9.82 Å². The number of anilines is 1. The highest BCUT2D eigenvalue weighted by Gasteiger charge is 2.29. The molecular weight excluding hydrogens is 566 g/mol. The van der Waals surface area contributed by atoms with E-state index in [9.17, 15) is 17.6 Å². The van der Waals surface area contributed by atoms with Crippen LogP contribution in [0.2, 0.25) is 0 Å². The summed E-state index contributed by atoms with van der Waals surface area (Å²) < 4.78 is 51.3. The first-order valence-electron chi connectivity index (χ1n) is 14.7. The van der Waals surface area contributed by atoms with E-state index in [2.05, 4.69) is 45.5 Å². The second-order valence-electron chi connectivity index (χ2n) is 9.96. The minimum atomic E-state index is -4.26. The fourth-order valence-electron chi connectivity index (χ4n) is 4.23. The predicted molar refractivity (Wildman–Crippen MR) is 172 cm³/mol. The molecule has 42 heavy (non-hydrogen) atoms. The first-order valence-corrected chi connectivity index (χ1v) is 15.1. The summed E-state index contributed by atoms with van der Waals surface area (Å²) in [6.45, 7) is 11.4. The van der Waals surface area contributed by atoms with Gasteiger partial charge in [0.25, 0.3) is 0 Å². The molecule has 0 bridgehead atoms. The Bertz CT molecular complexity index is 962. The molecule has 0 unspecified atom stereocenters. The van der Waals surface area contributed by atoms with Crippen molar-refractivity contribution < 1.29 is 17.6 Å². The topological polar surface area (TPSA) is 94.6 Å². The highest BCUT2D eigenvalue weighted by atomic mass is 32.1. The standard InChI is InChI=1S/C16H29F3N2.C13H19FN4S.CH5N/c1-5-7-9-13-21(12-8-6-2)15(20-4)11-10-14(3)16(17,18)19;1-9-6-12(18-4-2-3-5-18)10(7-11(9)14)8-16-17-13(15)19;1-2/h10-11,20H,5-9,12-13H2,1-4H3;6-7,16H,2-5,8H2,1H3,(H3,15,17,19);2H2,1H3/b14-10+,15-11+;;. The third-order valence-corrected chi connectivity index (χ3v) is 6.75. The number of rotatable bonds is 14. The molecule has 0 radical (unpaired) electrons. The monoisotopic (exact) mass is 619 g/mol. The molecule has 1 aliphatic heterocycles. The second-order valence-corrected chi connectivity index (χ2v) is 10.4. The molecule has 242 valence electrons. The van der Waals surface area contributed by atoms with Gasteiger partial charge in [-0.2, -0.15) is 13.2 Å². The van der Waals surface area contributed by atoms with E-state index >= 15 is 0 Å². The van der Waals surface area contributed by atoms with E-state index < -0.39 is 11.7 Å². The molecule has 1 saturated heterocycles. The van der Waals surface area contributed by atoms with Crippen molar-refractivity contribution in [2.75, 3.05) is 45.2 Å². The summed E-state index contributed by atoms with van der Waals surface area (Å²) in [6, 6.07) is 3.50. The van der Waals surface area contributed by atoms with Crippen LogP contribution in [0.25, 0.3) is 0 Å². The lowest BCUT2D eigenvalue weighted by molar-refractivity contribution is -0.0913. The van der Waals surface area contributed by atoms with E-state index in [4.69, 9.17) is 18.0 Å². The minimum absolute atomic E-state index is 0.176. The van der Waals surface area contributed by atoms with Crippen molar-refractivity contribution >= 4 is 23.0 Å². The highest BCUT2D eigenvalue weighted by molar-refractivity contribution is 7.80. The number of unbranched alkanes of at least 4 members (excludes halogenated alkanes) is 3. The van der Waals surface area contributed by atoms with Crippen molar-refractivity contribution in [3.05, 3.63) is 52.6 Å². The minimum Gasteiger partial charge on any atom is -0.375 e. The average molecular weight is 620 g/mol. The van der Waals surface area contributed by atoms with Gasteiger partial charge < -0.3 is 26.6 Å². The van der Waals surface area contributed by atoms with Gasteiger partial charge in [0, 0.05) is 51.0 Å². The van der Waals surface area contributed by atoms with Crippen LogP contribution in [0, 0.1) is 12.7 Å². The number of alkyl halides is 3. The number of hydrogen-bond donors (Lipinski definition) is 5. The molecule has 7 nitrogen and oxygen atoms in total. The summed E-state index contributed by atoms with van der Waals surface area (Å²) in [5.74, 6) is 0.568. The number of aryl methyl sites for hydroxylation is 1. The number of nitrogens with one attached hydrogen (secondary N) is 3. The van der Waals surface area contributed by atoms with Gasteiger partial charge in [-0.3, -0.25) is 5.43 Å². The summed E-state index contributed by atoms with van der Waals surface area (Å²) in [5.41, 5.74) is 17.5. The van der Waals surface area contributed by atoms with Crippen LogP contribution in [0.3, 0.4) is 0 Å². The number of nitrogens with two attached hydrogens (primary N) is 2. The van der Waals surface area contributed by atoms with Crippen molar-refractivity contribution in [2.24, 2.45) is 11.5 Å². The average Bonchev–Trinajstić information content (AvgIpc) is 3.49. The Morgan fingerprint density at radius 1 is 1.05 bits per heavy atom. The first-order chi connectivity index (χ1) is 19.9. The van der Waals surface area contributed by atoms with E-state index in [-0.39, 0.29) is 10.9 Å². The number of nitrogens with zero attached hydrogens (tertiary/aromatic N) is 2. The molecule has 0 aliphatic carbocycles. The molecule has 1 fully saturated rings. The van der Waals surface area contributed by atoms with Crippen LogP contribution in [0.4, 0.5) is 23.2 Å². The van der Waals surface area contributed by atoms with Gasteiger partial charge in [-0.05, 0) is 88.1 Å². The molecule has 1 aromatic carbocycles. The van der Waals surface area contributed by atoms with E-state index in [0.717, 1.165) is 88.4 Å². The molecule has 12 heteroatoms.